The molecule has 1 saturated heterocycles. The Balaban J connectivity index is 0.000000741. The fourth-order valence-corrected chi connectivity index (χ4v) is 4.49. The Morgan fingerprint density at radius 3 is 1.44 bits per heavy atom. The number of ether oxygens (including phenoxy) is 1. The summed E-state index contributed by atoms with van der Waals surface area (Å²) in [5.41, 5.74) is 0. The Hall–Kier alpha value is -0.830. The van der Waals surface area contributed by atoms with Gasteiger partial charge in [0, 0.05) is 0 Å². The third-order valence-electron chi connectivity index (χ3n) is 7.05. The highest BCUT2D eigenvalue weighted by atomic mass is 35.5. The molecular weight excluding hydrogens is 500 g/mol. The maximum Gasteiger partial charge on any atom is 0.0810 e. The molecule has 1 aliphatic heterocycles. The van der Waals surface area contributed by atoms with E-state index in [1.807, 2.05) is 0 Å². The van der Waals surface area contributed by atoms with E-state index >= 15 is 0 Å². The zero-order valence-corrected chi connectivity index (χ0v) is 26.7. The third-order valence-corrected chi connectivity index (χ3v) is 7.40. The average Bonchev–Trinajstić information content (AvgIpc) is 3.78. The monoisotopic (exact) mass is 564 g/mol. The number of halogens is 1. The highest BCUT2D eigenvalue weighted by molar-refractivity contribution is 6.20. The van der Waals surface area contributed by atoms with Crippen molar-refractivity contribution in [3.63, 3.8) is 0 Å². The largest absolute Gasteiger partial charge is 0.395 e. The van der Waals surface area contributed by atoms with Crippen molar-refractivity contribution in [1.82, 2.24) is 0 Å². The highest BCUT2D eigenvalue weighted by Crippen LogP contribution is 2.18. The molecule has 39 heavy (non-hydrogen) atoms. The molecule has 228 valence electrons. The van der Waals surface area contributed by atoms with Gasteiger partial charge >= 0.3 is 0 Å². The van der Waals surface area contributed by atoms with Crippen molar-refractivity contribution in [2.24, 2.45) is 0 Å². The third kappa shape index (κ3) is 35.1. The molecule has 0 aliphatic carbocycles. The second kappa shape index (κ2) is 33.4. The molecule has 0 aromatic rings. The van der Waals surface area contributed by atoms with E-state index in [1.165, 1.54) is 116 Å². The number of aliphatic hydroxyl groups is 1. The molecule has 0 radical (unpaired) electrons. The summed E-state index contributed by atoms with van der Waals surface area (Å²) >= 11 is 5.85. The van der Waals surface area contributed by atoms with E-state index in [4.69, 9.17) is 21.4 Å². The summed E-state index contributed by atoms with van der Waals surface area (Å²) in [6.07, 6.45) is 46.8. The van der Waals surface area contributed by atoms with Gasteiger partial charge in [0.15, 0.2) is 0 Å². The van der Waals surface area contributed by atoms with Gasteiger partial charge in [0.1, 0.15) is 0 Å². The average molecular weight is 565 g/mol. The minimum Gasteiger partial charge on any atom is -0.395 e. The number of hydrogen-bond acceptors (Lipinski definition) is 2. The van der Waals surface area contributed by atoms with Crippen molar-refractivity contribution in [2.75, 3.05) is 13.2 Å². The predicted molar refractivity (Wildman–Crippen MR) is 176 cm³/mol. The smallest absolute Gasteiger partial charge is 0.0810 e. The summed E-state index contributed by atoms with van der Waals surface area (Å²) in [6.45, 7) is 5.63. The summed E-state index contributed by atoms with van der Waals surface area (Å²) < 4.78 is 5.20. The van der Waals surface area contributed by atoms with Crippen molar-refractivity contribution in [3.8, 4) is 0 Å². The van der Waals surface area contributed by atoms with E-state index in [2.05, 4.69) is 62.5 Å². The number of allylic oxidation sites excluding steroid dienone is 8. The van der Waals surface area contributed by atoms with Gasteiger partial charge in [0.25, 0.3) is 0 Å². The second-order valence-corrected chi connectivity index (χ2v) is 11.7. The lowest BCUT2D eigenvalue weighted by Gasteiger charge is -2.04. The van der Waals surface area contributed by atoms with Gasteiger partial charge in [-0.3, -0.25) is 0 Å². The minimum absolute atomic E-state index is 0.0426. The quantitative estimate of drug-likeness (QED) is 0.0465. The fourth-order valence-electron chi connectivity index (χ4n) is 4.33. The van der Waals surface area contributed by atoms with Gasteiger partial charge in [0.2, 0.25) is 0 Å². The Kier molecular flexibility index (Phi) is 32.7. The molecule has 2 atom stereocenters. The van der Waals surface area contributed by atoms with Crippen molar-refractivity contribution in [3.05, 3.63) is 48.6 Å². The topological polar surface area (TPSA) is 32.8 Å². The number of alkyl halides is 1. The van der Waals surface area contributed by atoms with Crippen molar-refractivity contribution < 1.29 is 9.84 Å². The van der Waals surface area contributed by atoms with Gasteiger partial charge in [0.05, 0.1) is 24.7 Å². The van der Waals surface area contributed by atoms with Crippen LogP contribution in [0.1, 0.15) is 155 Å². The predicted octanol–water partition coefficient (Wildman–Crippen LogP) is 11.8. The molecular formula is C36H65ClO2. The lowest BCUT2D eigenvalue weighted by atomic mass is 10.1. The molecule has 1 fully saturated rings. The van der Waals surface area contributed by atoms with Gasteiger partial charge in [-0.15, -0.1) is 11.6 Å². The van der Waals surface area contributed by atoms with Crippen LogP contribution in [0.4, 0.5) is 0 Å². The molecule has 1 rings (SSSR count). The molecule has 2 nitrogen and oxygen atoms in total. The molecule has 2 unspecified atom stereocenters. The molecule has 0 saturated carbocycles. The molecule has 0 aromatic carbocycles. The van der Waals surface area contributed by atoms with Crippen LogP contribution in [0.5, 0.6) is 0 Å². The lowest BCUT2D eigenvalue weighted by Crippen LogP contribution is -2.03. The van der Waals surface area contributed by atoms with Gasteiger partial charge in [-0.2, -0.15) is 0 Å². The number of rotatable bonds is 27. The first-order valence-corrected chi connectivity index (χ1v) is 17.1. The van der Waals surface area contributed by atoms with E-state index in [0.29, 0.717) is 6.10 Å². The number of epoxide rings is 1. The van der Waals surface area contributed by atoms with E-state index in [1.54, 1.807) is 0 Å². The highest BCUT2D eigenvalue weighted by Gasteiger charge is 2.20. The molecule has 0 aromatic heterocycles. The number of aliphatic hydroxyl groups excluding tert-OH is 1. The van der Waals surface area contributed by atoms with Crippen LogP contribution in [0.2, 0.25) is 0 Å². The van der Waals surface area contributed by atoms with Crippen LogP contribution in [0.15, 0.2) is 48.6 Å². The van der Waals surface area contributed by atoms with Crippen LogP contribution in [-0.2, 0) is 4.74 Å². The van der Waals surface area contributed by atoms with Crippen LogP contribution in [-0.4, -0.2) is 29.8 Å². The number of unbranched alkanes of at least 4 members (excludes halogenated alkanes) is 14. The van der Waals surface area contributed by atoms with E-state index in [0.717, 1.165) is 32.3 Å². The van der Waals surface area contributed by atoms with E-state index in [-0.39, 0.29) is 12.0 Å². The summed E-state index contributed by atoms with van der Waals surface area (Å²) in [6, 6.07) is 0. The summed E-state index contributed by atoms with van der Waals surface area (Å²) in [7, 11) is 0. The van der Waals surface area contributed by atoms with Gasteiger partial charge in [-0.05, 0) is 77.0 Å². The normalized spacial score (nSPS) is 16.1. The Labute approximate surface area is 249 Å². The van der Waals surface area contributed by atoms with Crippen LogP contribution in [0, 0.1) is 0 Å². The van der Waals surface area contributed by atoms with Crippen molar-refractivity contribution in [2.45, 2.75) is 167 Å². The Morgan fingerprint density at radius 1 is 0.615 bits per heavy atom. The molecule has 0 amide bonds. The van der Waals surface area contributed by atoms with Gasteiger partial charge in [-0.1, -0.05) is 127 Å². The van der Waals surface area contributed by atoms with Crippen molar-refractivity contribution >= 4 is 11.6 Å². The zero-order chi connectivity index (χ0) is 28.5. The summed E-state index contributed by atoms with van der Waals surface area (Å²) in [5.74, 6) is 0. The first-order chi connectivity index (χ1) is 19.2. The van der Waals surface area contributed by atoms with Gasteiger partial charge < -0.3 is 9.84 Å². The van der Waals surface area contributed by atoms with Crippen LogP contribution in [0.25, 0.3) is 0 Å². The minimum atomic E-state index is -0.0426. The molecule has 1 heterocycles. The fraction of sp³-hybridized carbons (Fsp3) is 0.778. The molecule has 1 N–H and O–H groups in total. The first-order valence-electron chi connectivity index (χ1n) is 16.7. The van der Waals surface area contributed by atoms with Crippen molar-refractivity contribution in [1.29, 1.82) is 0 Å². The molecule has 0 bridgehead atoms. The maximum atomic E-state index is 8.79. The maximum absolute atomic E-state index is 8.79. The molecule has 3 heteroatoms. The van der Waals surface area contributed by atoms with Crippen LogP contribution in [0.3, 0.4) is 0 Å². The molecule has 0 spiro atoms. The summed E-state index contributed by atoms with van der Waals surface area (Å²) in [5, 5.41) is 8.75. The molecule has 1 aliphatic rings. The van der Waals surface area contributed by atoms with Crippen LogP contribution < -0.4 is 0 Å². The SMILES string of the molecule is CCCCC/C=C\C/C=C\CCCCCCC(Cl)CO.CCCCC/C=C\C/C=C\CCCCCCC1CO1. The Bertz CT molecular complexity index is 577. The van der Waals surface area contributed by atoms with Gasteiger partial charge in [-0.25, -0.2) is 0 Å². The first kappa shape index (κ1) is 38.2. The van der Waals surface area contributed by atoms with E-state index < -0.39 is 0 Å². The zero-order valence-electron chi connectivity index (χ0n) is 26.0. The lowest BCUT2D eigenvalue weighted by molar-refractivity contribution is 0.286. The van der Waals surface area contributed by atoms with Crippen LogP contribution >= 0.6 is 11.6 Å². The van der Waals surface area contributed by atoms with E-state index in [9.17, 15) is 0 Å². The summed E-state index contributed by atoms with van der Waals surface area (Å²) in [4.78, 5) is 0. The standard InChI is InChI=1S/C18H33ClO.C18H32O/c1-2-3-4-5-6-7-8-9-10-11-12-13-14-15-16-18(19)17-20;1-2-3-4-5-6-7-8-9-10-11-12-13-14-15-16-18-17-19-18/h6-7,9-10,18,20H,2-5,8,11-17H2,1H3;6-7,9-10,18H,2-5,8,11-17H2,1H3/b2*7-6-,10-9-. The second-order valence-electron chi connectivity index (χ2n) is 11.1. The number of hydrogen-bond donors (Lipinski definition) is 1. The Morgan fingerprint density at radius 2 is 1.03 bits per heavy atom.